The molecule has 0 saturated heterocycles. The minimum absolute atomic E-state index is 0. The number of aromatic nitrogens is 12. The van der Waals surface area contributed by atoms with Gasteiger partial charge in [0.1, 0.15) is 45.0 Å². The van der Waals surface area contributed by atoms with Gasteiger partial charge in [-0.1, -0.05) is 0 Å². The predicted octanol–water partition coefficient (Wildman–Crippen LogP) is 10.7. The van der Waals surface area contributed by atoms with Gasteiger partial charge in [-0.05, 0) is 200 Å². The third-order valence-electron chi connectivity index (χ3n) is 13.3. The van der Waals surface area contributed by atoms with Gasteiger partial charge in [0, 0.05) is 49.7 Å². The van der Waals surface area contributed by atoms with Crippen LogP contribution < -0.4 is 0 Å². The molecule has 0 spiro atoms. The molecular formula is C60H39CrN12O9S3. The first-order chi connectivity index (χ1) is 40.3. The van der Waals surface area contributed by atoms with Gasteiger partial charge in [0.2, 0.25) is 0 Å². The maximum Gasteiger partial charge on any atom is 3.00 e. The second kappa shape index (κ2) is 22.0. The number of rotatable bonds is 3. The van der Waals surface area contributed by atoms with Crippen LogP contribution in [0.15, 0.2) is 142 Å². The minimum Gasteiger partial charge on any atom is -0.744 e. The fourth-order valence-corrected chi connectivity index (χ4v) is 12.0. The first-order valence-corrected chi connectivity index (χ1v) is 29.6. The van der Waals surface area contributed by atoms with Crippen LogP contribution in [0.5, 0.6) is 0 Å². The van der Waals surface area contributed by atoms with Crippen LogP contribution in [0.4, 0.5) is 0 Å². The molecule has 15 rings (SSSR count). The van der Waals surface area contributed by atoms with Crippen LogP contribution in [-0.4, -0.2) is 98.7 Å². The van der Waals surface area contributed by atoms with E-state index in [0.717, 1.165) is 50.2 Å². The molecule has 417 valence electrons. The van der Waals surface area contributed by atoms with Crippen molar-refractivity contribution in [2.45, 2.75) is 14.7 Å². The van der Waals surface area contributed by atoms with Crippen LogP contribution in [0.1, 0.15) is 68.3 Å². The van der Waals surface area contributed by atoms with Crippen LogP contribution in [0.3, 0.4) is 0 Å². The van der Waals surface area contributed by atoms with Gasteiger partial charge in [0.05, 0.1) is 84.9 Å². The number of H-pyrrole nitrogens is 6. The molecule has 85 heavy (non-hydrogen) atoms. The molecule has 24 bridgehead atoms. The topological polar surface area (TPSA) is 344 Å². The molecule has 6 N–H and O–H groups in total. The van der Waals surface area contributed by atoms with E-state index < -0.39 is 30.4 Å². The SMILES string of the molecule is O=S(=O)([O-])c1c2nc(cc3ccc(cc4nc(cc5ccc1[nH]5)C=C4)[nH]3)C=C2.O=S(=O)([O-])c1c2nc(cc3ccc(cc4nc(cc5ccc1[nH]5)C=C4)[nH]3)C=C2.O=S(=O)([O-])c1c2nc(cc3ccc(cc4nc(cc5ccc1[nH]5)C=C4)[nH]3)C=C2.[Cr+3]. The molecule has 6 aliphatic heterocycles. The maximum absolute atomic E-state index is 11.9. The van der Waals surface area contributed by atoms with E-state index in [-0.39, 0.29) is 65.7 Å². The van der Waals surface area contributed by atoms with Gasteiger partial charge in [-0.3, -0.25) is 0 Å². The maximum atomic E-state index is 11.9. The van der Waals surface area contributed by atoms with Crippen LogP contribution in [0.25, 0.3) is 139 Å². The molecule has 9 aromatic rings. The molecule has 1 radical (unpaired) electrons. The Morgan fingerprint density at radius 1 is 0.247 bits per heavy atom. The number of aromatic amines is 6. The van der Waals surface area contributed by atoms with Crippen LogP contribution in [-0.2, 0) is 47.7 Å². The largest absolute Gasteiger partial charge is 3.00 e. The Hall–Kier alpha value is -9.94. The van der Waals surface area contributed by atoms with Crippen LogP contribution >= 0.6 is 0 Å². The average molecular weight is 1220 g/mol. The summed E-state index contributed by atoms with van der Waals surface area (Å²) >= 11 is 0. The van der Waals surface area contributed by atoms with Gasteiger partial charge >= 0.3 is 17.4 Å². The Morgan fingerprint density at radius 2 is 0.424 bits per heavy atom. The van der Waals surface area contributed by atoms with E-state index in [4.69, 9.17) is 0 Å². The summed E-state index contributed by atoms with van der Waals surface area (Å²) in [5.74, 6) is 0. The molecule has 6 aliphatic rings. The Labute approximate surface area is 492 Å². The smallest absolute Gasteiger partial charge is 0.744 e. The first kappa shape index (κ1) is 55.6. The molecule has 15 heterocycles. The van der Waals surface area contributed by atoms with E-state index in [1.165, 1.54) is 18.2 Å². The van der Waals surface area contributed by atoms with Crippen molar-refractivity contribution in [2.75, 3.05) is 0 Å². The van der Waals surface area contributed by atoms with Crippen molar-refractivity contribution in [2.24, 2.45) is 0 Å². The zero-order valence-corrected chi connectivity index (χ0v) is 47.3. The van der Waals surface area contributed by atoms with Crippen molar-refractivity contribution in [3.8, 4) is 0 Å². The normalized spacial score (nSPS) is 13.0. The first-order valence-electron chi connectivity index (χ1n) is 25.4. The molecule has 0 fully saturated rings. The van der Waals surface area contributed by atoms with Gasteiger partial charge in [-0.25, -0.2) is 55.2 Å². The van der Waals surface area contributed by atoms with Gasteiger partial charge in [-0.2, -0.15) is 0 Å². The number of hydrogen-bond acceptors (Lipinski definition) is 15. The zero-order valence-electron chi connectivity index (χ0n) is 43.5. The molecule has 0 unspecified atom stereocenters. The van der Waals surface area contributed by atoms with E-state index >= 15 is 0 Å². The number of nitrogens with one attached hydrogen (secondary N) is 6. The second-order valence-electron chi connectivity index (χ2n) is 19.4. The summed E-state index contributed by atoms with van der Waals surface area (Å²) in [6.07, 6.45) is 20.8. The van der Waals surface area contributed by atoms with Crippen molar-refractivity contribution < 1.29 is 56.3 Å². The number of nitrogens with zero attached hydrogens (tertiary/aromatic N) is 6. The fourth-order valence-electron chi connectivity index (χ4n) is 9.74. The van der Waals surface area contributed by atoms with Crippen LogP contribution in [0.2, 0.25) is 0 Å². The Bertz CT molecular complexity index is 4870. The second-order valence-corrected chi connectivity index (χ2v) is 23.3. The van der Waals surface area contributed by atoms with E-state index in [9.17, 15) is 38.9 Å². The average Bonchev–Trinajstić information content (AvgIpc) is 2.94. The number of fused-ring (bicyclic) bond motifs is 24. The Balaban J connectivity index is 0.000000124. The fraction of sp³-hybridized carbons (Fsp3) is 0. The standard InChI is InChI=1S/3C20H14N4O3S.Cr/c3*25-28(26,27)20-18-7-5-16(23-18)10-14-3-1-12(21-14)9-13-2-4-15(22-13)11-17-6-8-19(20)24-17;/h3*1-11,21,24H,(H,25,26,27);/q;;;+3/p-3. The molecule has 0 saturated carbocycles. The Morgan fingerprint density at radius 3 is 0.635 bits per heavy atom. The van der Waals surface area contributed by atoms with E-state index in [1.54, 1.807) is 91.0 Å². The van der Waals surface area contributed by atoms with Crippen molar-refractivity contribution in [1.82, 2.24) is 59.8 Å². The molecule has 25 heteroatoms. The molecule has 21 nitrogen and oxygen atoms in total. The molecule has 0 amide bonds. The summed E-state index contributed by atoms with van der Waals surface area (Å²) in [5.41, 5.74) is 14.0. The van der Waals surface area contributed by atoms with Crippen LogP contribution in [0, 0.1) is 0 Å². The molecule has 0 atom stereocenters. The molecule has 9 aromatic heterocycles. The summed E-state index contributed by atoms with van der Waals surface area (Å²) in [6.45, 7) is 0. The number of hydrogen-bond donors (Lipinski definition) is 6. The summed E-state index contributed by atoms with van der Waals surface area (Å²) in [5, 5.41) is 0. The molecule has 0 aromatic carbocycles. The Kier molecular flexibility index (Phi) is 14.4. The summed E-state index contributed by atoms with van der Waals surface area (Å²) < 4.78 is 107. The van der Waals surface area contributed by atoms with E-state index in [1.807, 2.05) is 91.1 Å². The monoisotopic (exact) mass is 1220 g/mol. The van der Waals surface area contributed by atoms with Gasteiger partial charge in [-0.15, -0.1) is 0 Å². The predicted molar refractivity (Wildman–Crippen MR) is 320 cm³/mol. The summed E-state index contributed by atoms with van der Waals surface area (Å²) in [7, 11) is -14.2. The van der Waals surface area contributed by atoms with E-state index in [2.05, 4.69) is 59.8 Å². The van der Waals surface area contributed by atoms with Crippen molar-refractivity contribution in [3.63, 3.8) is 0 Å². The quantitative estimate of drug-likeness (QED) is 0.0896. The van der Waals surface area contributed by atoms with Crippen molar-refractivity contribution in [3.05, 3.63) is 196 Å². The van der Waals surface area contributed by atoms with Crippen molar-refractivity contribution in [1.29, 1.82) is 0 Å². The minimum atomic E-state index is -4.75. The van der Waals surface area contributed by atoms with E-state index in [0.29, 0.717) is 50.7 Å². The molecular weight excluding hydrogens is 1180 g/mol. The van der Waals surface area contributed by atoms with Crippen molar-refractivity contribution >= 4 is 169 Å². The van der Waals surface area contributed by atoms with Gasteiger partial charge in [0.15, 0.2) is 0 Å². The summed E-state index contributed by atoms with van der Waals surface area (Å²) in [6, 6.07) is 37.6. The third-order valence-corrected chi connectivity index (χ3v) is 16.1. The van der Waals surface area contributed by atoms with Gasteiger partial charge in [0.25, 0.3) is 0 Å². The summed E-state index contributed by atoms with van der Waals surface area (Å²) in [4.78, 5) is 44.0. The zero-order chi connectivity index (χ0) is 57.9. The third kappa shape index (κ3) is 12.4. The molecule has 0 aliphatic carbocycles. The van der Waals surface area contributed by atoms with Gasteiger partial charge < -0.3 is 43.6 Å².